The number of nitrogens with two attached hydrogens (primary N) is 1. The lowest BCUT2D eigenvalue weighted by atomic mass is 9.79. The minimum atomic E-state index is 0. The van der Waals surface area contributed by atoms with Gasteiger partial charge in [-0.15, -0.1) is 24.0 Å². The number of nitrogens with zero attached hydrogens (tertiary/aromatic N) is 2. The van der Waals surface area contributed by atoms with Crippen molar-refractivity contribution in [1.82, 2.24) is 4.90 Å². The van der Waals surface area contributed by atoms with Crippen molar-refractivity contribution in [3.63, 3.8) is 0 Å². The van der Waals surface area contributed by atoms with Gasteiger partial charge in [-0.25, -0.2) is 0 Å². The average molecular weight is 431 g/mol. The number of aliphatic imine (C=N–C) groups is 1. The lowest BCUT2D eigenvalue weighted by Crippen LogP contribution is -2.38. The number of rotatable bonds is 6. The van der Waals surface area contributed by atoms with Crippen LogP contribution in [0.5, 0.6) is 5.75 Å². The second-order valence-corrected chi connectivity index (χ2v) is 6.07. The Bertz CT molecular complexity index is 509. The van der Waals surface area contributed by atoms with Crippen molar-refractivity contribution in [3.8, 4) is 5.75 Å². The molecule has 0 aliphatic heterocycles. The molecule has 1 saturated carbocycles. The lowest BCUT2D eigenvalue weighted by Gasteiger charge is -2.29. The van der Waals surface area contributed by atoms with Gasteiger partial charge in [-0.2, -0.15) is 0 Å². The number of methoxy groups -OCH3 is 1. The quantitative estimate of drug-likeness (QED) is 0.424. The predicted molar refractivity (Wildman–Crippen MR) is 108 cm³/mol. The van der Waals surface area contributed by atoms with Gasteiger partial charge in [-0.3, -0.25) is 4.99 Å². The van der Waals surface area contributed by atoms with Gasteiger partial charge in [0, 0.05) is 18.5 Å². The van der Waals surface area contributed by atoms with Crippen molar-refractivity contribution in [2.45, 2.75) is 44.9 Å². The Kier molecular flexibility index (Phi) is 8.16. The molecule has 1 aromatic rings. The topological polar surface area (TPSA) is 50.8 Å². The summed E-state index contributed by atoms with van der Waals surface area (Å²) in [4.78, 5) is 6.84. The third kappa shape index (κ3) is 4.75. The Morgan fingerprint density at radius 2 is 1.91 bits per heavy atom. The summed E-state index contributed by atoms with van der Waals surface area (Å²) in [6, 6.07) is 8.44. The molecule has 2 rings (SSSR count). The molecule has 0 bridgehead atoms. The van der Waals surface area contributed by atoms with Gasteiger partial charge >= 0.3 is 0 Å². The molecule has 0 unspecified atom stereocenters. The van der Waals surface area contributed by atoms with E-state index in [-0.39, 0.29) is 29.4 Å². The molecule has 0 spiro atoms. The van der Waals surface area contributed by atoms with E-state index < -0.39 is 0 Å². The Labute approximate surface area is 157 Å². The maximum absolute atomic E-state index is 6.16. The highest BCUT2D eigenvalue weighted by atomic mass is 127. The van der Waals surface area contributed by atoms with Crippen molar-refractivity contribution < 1.29 is 4.74 Å². The van der Waals surface area contributed by atoms with Crippen LogP contribution >= 0.6 is 24.0 Å². The molecule has 1 aliphatic carbocycles. The van der Waals surface area contributed by atoms with Crippen molar-refractivity contribution in [2.24, 2.45) is 10.7 Å². The van der Waals surface area contributed by atoms with Crippen LogP contribution in [0, 0.1) is 0 Å². The van der Waals surface area contributed by atoms with Crippen molar-refractivity contribution in [1.29, 1.82) is 0 Å². The van der Waals surface area contributed by atoms with Gasteiger partial charge in [0.15, 0.2) is 5.96 Å². The molecule has 1 aliphatic rings. The van der Waals surface area contributed by atoms with E-state index in [1.807, 2.05) is 6.07 Å². The largest absolute Gasteiger partial charge is 0.497 e. The third-order valence-electron chi connectivity index (χ3n) is 4.87. The summed E-state index contributed by atoms with van der Waals surface area (Å²) in [5.41, 5.74) is 7.61. The van der Waals surface area contributed by atoms with Crippen LogP contribution in [0.2, 0.25) is 0 Å². The zero-order valence-corrected chi connectivity index (χ0v) is 16.9. The van der Waals surface area contributed by atoms with E-state index in [1.165, 1.54) is 31.2 Å². The monoisotopic (exact) mass is 431 g/mol. The SMILES string of the molecule is CCN(CC)C(N)=NCC1(c2cccc(OC)c2)CCCC1.I. The van der Waals surface area contributed by atoms with Crippen molar-refractivity contribution in [2.75, 3.05) is 26.7 Å². The van der Waals surface area contributed by atoms with Gasteiger partial charge in [-0.1, -0.05) is 25.0 Å². The highest BCUT2D eigenvalue weighted by Gasteiger charge is 2.35. The minimum absolute atomic E-state index is 0. The van der Waals surface area contributed by atoms with Crippen LogP contribution in [0.3, 0.4) is 0 Å². The number of guanidine groups is 1. The second-order valence-electron chi connectivity index (χ2n) is 6.07. The van der Waals surface area contributed by atoms with Crippen LogP contribution in [0.4, 0.5) is 0 Å². The van der Waals surface area contributed by atoms with Crippen molar-refractivity contribution in [3.05, 3.63) is 29.8 Å². The number of hydrogen-bond donors (Lipinski definition) is 1. The first kappa shape index (κ1) is 20.1. The molecule has 0 aromatic heterocycles. The maximum Gasteiger partial charge on any atom is 0.191 e. The first-order chi connectivity index (χ1) is 10.6. The number of halogens is 1. The van der Waals surface area contributed by atoms with Gasteiger partial charge in [-0.05, 0) is 44.4 Å². The molecule has 0 heterocycles. The summed E-state index contributed by atoms with van der Waals surface area (Å²) in [7, 11) is 1.72. The smallest absolute Gasteiger partial charge is 0.191 e. The summed E-state index contributed by atoms with van der Waals surface area (Å²) in [6.07, 6.45) is 4.88. The van der Waals surface area contributed by atoms with Crippen LogP contribution < -0.4 is 10.5 Å². The molecule has 1 fully saturated rings. The van der Waals surface area contributed by atoms with Crippen LogP contribution in [-0.2, 0) is 5.41 Å². The molecule has 23 heavy (non-hydrogen) atoms. The number of ether oxygens (including phenoxy) is 1. The molecule has 0 atom stereocenters. The molecule has 5 heteroatoms. The Hall–Kier alpha value is -0.980. The van der Waals surface area contributed by atoms with E-state index in [9.17, 15) is 0 Å². The van der Waals surface area contributed by atoms with Gasteiger partial charge in [0.05, 0.1) is 13.7 Å². The van der Waals surface area contributed by atoms with Gasteiger partial charge in [0.2, 0.25) is 0 Å². The zero-order valence-electron chi connectivity index (χ0n) is 14.5. The molecule has 0 radical (unpaired) electrons. The summed E-state index contributed by atoms with van der Waals surface area (Å²) in [5, 5.41) is 0. The molecular formula is C18H30IN3O. The van der Waals surface area contributed by atoms with E-state index in [2.05, 4.69) is 36.9 Å². The maximum atomic E-state index is 6.16. The van der Waals surface area contributed by atoms with Crippen LogP contribution in [-0.4, -0.2) is 37.6 Å². The second kappa shape index (κ2) is 9.35. The van der Waals surface area contributed by atoms with Gasteiger partial charge in [0.25, 0.3) is 0 Å². The molecule has 2 N–H and O–H groups in total. The van der Waals surface area contributed by atoms with E-state index in [1.54, 1.807) is 7.11 Å². The fraction of sp³-hybridized carbons (Fsp3) is 0.611. The Morgan fingerprint density at radius 1 is 1.26 bits per heavy atom. The Balaban J connectivity index is 0.00000264. The first-order valence-electron chi connectivity index (χ1n) is 8.34. The van der Waals surface area contributed by atoms with E-state index >= 15 is 0 Å². The molecule has 0 amide bonds. The summed E-state index contributed by atoms with van der Waals surface area (Å²) in [6.45, 7) is 6.79. The zero-order chi connectivity index (χ0) is 16.0. The standard InChI is InChI=1S/C18H29N3O.HI/c1-4-21(5-2)17(19)20-14-18(11-6-7-12-18)15-9-8-10-16(13-15)22-3;/h8-10,13H,4-7,11-12,14H2,1-3H3,(H2,19,20);1H. The lowest BCUT2D eigenvalue weighted by molar-refractivity contribution is 0.406. The highest BCUT2D eigenvalue weighted by molar-refractivity contribution is 14.0. The molecule has 0 saturated heterocycles. The number of hydrogen-bond acceptors (Lipinski definition) is 2. The fourth-order valence-corrected chi connectivity index (χ4v) is 3.42. The highest BCUT2D eigenvalue weighted by Crippen LogP contribution is 2.42. The minimum Gasteiger partial charge on any atom is -0.497 e. The molecule has 130 valence electrons. The first-order valence-corrected chi connectivity index (χ1v) is 8.34. The van der Waals surface area contributed by atoms with Gasteiger partial charge in [0.1, 0.15) is 5.75 Å². The number of benzene rings is 1. The molecule has 1 aromatic carbocycles. The van der Waals surface area contributed by atoms with E-state index in [0.29, 0.717) is 5.96 Å². The Morgan fingerprint density at radius 3 is 2.48 bits per heavy atom. The van der Waals surface area contributed by atoms with E-state index in [0.717, 1.165) is 25.4 Å². The predicted octanol–water partition coefficient (Wildman–Crippen LogP) is 3.78. The summed E-state index contributed by atoms with van der Waals surface area (Å²) in [5.74, 6) is 1.59. The summed E-state index contributed by atoms with van der Waals surface area (Å²) < 4.78 is 5.39. The molecule has 4 nitrogen and oxygen atoms in total. The van der Waals surface area contributed by atoms with Crippen LogP contribution in [0.15, 0.2) is 29.3 Å². The fourth-order valence-electron chi connectivity index (χ4n) is 3.42. The van der Waals surface area contributed by atoms with E-state index in [4.69, 9.17) is 15.5 Å². The van der Waals surface area contributed by atoms with Crippen LogP contribution in [0.1, 0.15) is 45.1 Å². The average Bonchev–Trinajstić information content (AvgIpc) is 3.04. The summed E-state index contributed by atoms with van der Waals surface area (Å²) >= 11 is 0. The third-order valence-corrected chi connectivity index (χ3v) is 4.87. The normalized spacial score (nSPS) is 16.7. The van der Waals surface area contributed by atoms with Crippen molar-refractivity contribution >= 4 is 29.9 Å². The molecular weight excluding hydrogens is 401 g/mol. The van der Waals surface area contributed by atoms with Gasteiger partial charge < -0.3 is 15.4 Å². The van der Waals surface area contributed by atoms with Crippen LogP contribution in [0.25, 0.3) is 0 Å².